The Labute approximate surface area is 257 Å². The Morgan fingerprint density at radius 2 is 1.07 bits per heavy atom. The van der Waals surface area contributed by atoms with Crippen LogP contribution >= 0.6 is 0 Å². The van der Waals surface area contributed by atoms with Crippen LogP contribution in [-0.4, -0.2) is 46.1 Å². The fraction of sp³-hybridized carbons (Fsp3) is 0.278. The van der Waals surface area contributed by atoms with E-state index in [1.807, 2.05) is 44.2 Å². The molecule has 0 radical (unpaired) electrons. The van der Waals surface area contributed by atoms with Gasteiger partial charge in [-0.25, -0.2) is 9.97 Å². The molecular formula is C36H38N4O4. The Bertz CT molecular complexity index is 1950. The fourth-order valence-electron chi connectivity index (χ4n) is 5.96. The second-order valence-corrected chi connectivity index (χ2v) is 11.1. The first kappa shape index (κ1) is 30.5. The number of nitrogens with one attached hydrogen (secondary N) is 2. The van der Waals surface area contributed by atoms with Crippen LogP contribution in [0.3, 0.4) is 0 Å². The summed E-state index contributed by atoms with van der Waals surface area (Å²) in [7, 11) is 2.79. The minimum Gasteiger partial charge on any atom is -0.469 e. The molecular weight excluding hydrogens is 552 g/mol. The Kier molecular flexibility index (Phi) is 8.54. The van der Waals surface area contributed by atoms with Crippen molar-refractivity contribution in [2.24, 2.45) is 0 Å². The van der Waals surface area contributed by atoms with E-state index in [1.54, 1.807) is 0 Å². The van der Waals surface area contributed by atoms with Crippen LogP contribution in [0.4, 0.5) is 0 Å². The van der Waals surface area contributed by atoms with E-state index in [0.29, 0.717) is 12.8 Å². The van der Waals surface area contributed by atoms with Crippen LogP contribution in [0.15, 0.2) is 37.4 Å². The zero-order valence-corrected chi connectivity index (χ0v) is 26.2. The highest BCUT2D eigenvalue weighted by atomic mass is 16.5. The zero-order valence-electron chi connectivity index (χ0n) is 26.2. The highest BCUT2D eigenvalue weighted by Crippen LogP contribution is 2.38. The fourth-order valence-corrected chi connectivity index (χ4v) is 5.96. The normalized spacial score (nSPS) is 12.9. The molecule has 2 N–H and O–H groups in total. The smallest absolute Gasteiger partial charge is 0.305 e. The number of ether oxygens (including phenoxy) is 2. The van der Waals surface area contributed by atoms with E-state index >= 15 is 0 Å². The quantitative estimate of drug-likeness (QED) is 0.257. The van der Waals surface area contributed by atoms with Gasteiger partial charge in [-0.15, -0.1) is 0 Å². The van der Waals surface area contributed by atoms with Crippen LogP contribution in [-0.2, 0) is 19.1 Å². The lowest BCUT2D eigenvalue weighted by atomic mass is 9.98. The number of aromatic amines is 2. The first-order valence-corrected chi connectivity index (χ1v) is 14.6. The van der Waals surface area contributed by atoms with Gasteiger partial charge in [0.15, 0.2) is 0 Å². The van der Waals surface area contributed by atoms with Crippen molar-refractivity contribution in [1.82, 2.24) is 19.9 Å². The lowest BCUT2D eigenvalue weighted by molar-refractivity contribution is -0.141. The number of aryl methyl sites for hydroxylation is 2. The van der Waals surface area contributed by atoms with Crippen LogP contribution in [0, 0.1) is 13.8 Å². The van der Waals surface area contributed by atoms with E-state index in [2.05, 4.69) is 43.0 Å². The maximum atomic E-state index is 12.2. The zero-order chi connectivity index (χ0) is 31.7. The summed E-state index contributed by atoms with van der Waals surface area (Å²) < 4.78 is 9.88. The van der Waals surface area contributed by atoms with Crippen molar-refractivity contribution in [3.05, 3.63) is 82.5 Å². The summed E-state index contributed by atoms with van der Waals surface area (Å²) >= 11 is 0. The summed E-state index contributed by atoms with van der Waals surface area (Å²) in [5.74, 6) is -0.570. The van der Waals surface area contributed by atoms with Gasteiger partial charge in [0.05, 0.1) is 37.0 Å². The molecule has 0 aromatic carbocycles. The number of carbonyl (C=O) groups excluding carboxylic acids is 2. The molecule has 0 amide bonds. The number of rotatable bonds is 8. The van der Waals surface area contributed by atoms with Crippen molar-refractivity contribution in [2.75, 3.05) is 14.2 Å². The van der Waals surface area contributed by atoms with Crippen LogP contribution < -0.4 is 0 Å². The van der Waals surface area contributed by atoms with Gasteiger partial charge in [-0.2, -0.15) is 0 Å². The van der Waals surface area contributed by atoms with Gasteiger partial charge in [-0.3, -0.25) is 9.59 Å². The summed E-state index contributed by atoms with van der Waals surface area (Å²) in [5, 5.41) is 0. The molecule has 2 aliphatic heterocycles. The second kappa shape index (κ2) is 12.3. The topological polar surface area (TPSA) is 110 Å². The molecule has 0 unspecified atom stereocenters. The minimum atomic E-state index is -0.285. The number of fused-ring (bicyclic) bond motifs is 8. The number of hydrogen-bond donors (Lipinski definition) is 2. The summed E-state index contributed by atoms with van der Waals surface area (Å²) in [5.41, 5.74) is 14.7. The first-order chi connectivity index (χ1) is 21.1. The third-order valence-corrected chi connectivity index (χ3v) is 8.66. The van der Waals surface area contributed by atoms with Crippen LogP contribution in [0.5, 0.6) is 0 Å². The summed E-state index contributed by atoms with van der Waals surface area (Å²) in [4.78, 5) is 41.6. The van der Waals surface area contributed by atoms with Gasteiger partial charge in [-0.1, -0.05) is 25.3 Å². The molecule has 226 valence electrons. The van der Waals surface area contributed by atoms with Gasteiger partial charge in [0.25, 0.3) is 0 Å². The summed E-state index contributed by atoms with van der Waals surface area (Å²) in [6.07, 6.45) is 5.10. The molecule has 5 rings (SSSR count). The number of aromatic nitrogens is 4. The Morgan fingerprint density at radius 3 is 1.50 bits per heavy atom. The third-order valence-electron chi connectivity index (χ3n) is 8.66. The molecule has 0 spiro atoms. The average Bonchev–Trinajstić information content (AvgIpc) is 3.67. The standard InChI is InChI=1S/C36H38N4O4/c1-9-23-19(3)27-15-28-21(5)25(11-13-35(41)43-7)33(39-28)18-34-26(12-14-36(42)44-8)22(6)30(40-34)17-32-24(10-2)20(4)29(38-32)16-31(23)37-27/h9-10,15-18,37-38H,1-2,11-14H2,3-8H3. The second-order valence-electron chi connectivity index (χ2n) is 11.1. The molecule has 2 aliphatic rings. The van der Waals surface area contributed by atoms with E-state index in [-0.39, 0.29) is 24.8 Å². The Morgan fingerprint density at radius 1 is 0.659 bits per heavy atom. The summed E-state index contributed by atoms with van der Waals surface area (Å²) in [6, 6.07) is 8.14. The van der Waals surface area contributed by atoms with Gasteiger partial charge in [-0.05, 0) is 98.2 Å². The van der Waals surface area contributed by atoms with E-state index in [9.17, 15) is 9.59 Å². The van der Waals surface area contributed by atoms with Gasteiger partial charge < -0.3 is 19.4 Å². The van der Waals surface area contributed by atoms with Gasteiger partial charge in [0.1, 0.15) is 0 Å². The number of H-pyrrole nitrogens is 2. The number of allylic oxidation sites excluding steroid dienone is 4. The number of nitrogens with zero attached hydrogens (tertiary/aromatic N) is 2. The molecule has 0 aliphatic carbocycles. The highest BCUT2D eigenvalue weighted by Gasteiger charge is 2.23. The monoisotopic (exact) mass is 590 g/mol. The van der Waals surface area contributed by atoms with Gasteiger partial charge >= 0.3 is 11.9 Å². The third kappa shape index (κ3) is 5.55. The maximum absolute atomic E-state index is 12.2. The van der Waals surface area contributed by atoms with Crippen LogP contribution in [0.1, 0.15) is 84.6 Å². The van der Waals surface area contributed by atoms with E-state index in [0.717, 1.165) is 89.4 Å². The first-order valence-electron chi connectivity index (χ1n) is 14.6. The van der Waals surface area contributed by atoms with Crippen molar-refractivity contribution in [2.45, 2.75) is 53.4 Å². The Balaban J connectivity index is 1.89. The number of hydrogen-bond acceptors (Lipinski definition) is 6. The lowest BCUT2D eigenvalue weighted by Crippen LogP contribution is -2.01. The molecule has 0 atom stereocenters. The molecule has 8 heteroatoms. The van der Waals surface area contributed by atoms with Crippen molar-refractivity contribution < 1.29 is 19.1 Å². The molecule has 0 saturated carbocycles. The number of esters is 2. The molecule has 5 heterocycles. The van der Waals surface area contributed by atoms with Gasteiger partial charge in [0.2, 0.25) is 0 Å². The van der Waals surface area contributed by atoms with Crippen molar-refractivity contribution >= 4 is 68.4 Å². The van der Waals surface area contributed by atoms with Crippen molar-refractivity contribution in [3.63, 3.8) is 0 Å². The average molecular weight is 591 g/mol. The van der Waals surface area contributed by atoms with E-state index in [1.165, 1.54) is 14.2 Å². The molecule has 3 aromatic rings. The van der Waals surface area contributed by atoms with Crippen molar-refractivity contribution in [3.8, 4) is 0 Å². The van der Waals surface area contributed by atoms with Crippen LogP contribution in [0.2, 0.25) is 0 Å². The molecule has 3 aromatic heterocycles. The maximum Gasteiger partial charge on any atom is 0.305 e. The number of carbonyl (C=O) groups is 2. The van der Waals surface area contributed by atoms with Crippen molar-refractivity contribution in [1.29, 1.82) is 0 Å². The highest BCUT2D eigenvalue weighted by molar-refractivity contribution is 5.97. The summed E-state index contributed by atoms with van der Waals surface area (Å²) in [6.45, 7) is 16.3. The van der Waals surface area contributed by atoms with Gasteiger partial charge in [0, 0.05) is 46.0 Å². The molecule has 0 saturated heterocycles. The predicted molar refractivity (Wildman–Crippen MR) is 178 cm³/mol. The lowest BCUT2D eigenvalue weighted by Gasteiger charge is -2.06. The van der Waals surface area contributed by atoms with E-state index in [4.69, 9.17) is 19.4 Å². The van der Waals surface area contributed by atoms with Crippen LogP contribution in [0.25, 0.3) is 56.5 Å². The number of methoxy groups -OCH3 is 2. The molecule has 8 bridgehead atoms. The SMILES string of the molecule is C=Cc1c(C)c2cc3[nH]c(cc4nc(cc5nc(cc1[nH]2)C(C)=C5CCC(=O)OC)C(CCC(=O)OC)=C4C)c(C)c3C=C. The van der Waals surface area contributed by atoms with E-state index < -0.39 is 0 Å². The molecule has 0 fully saturated rings. The Hall–Kier alpha value is -4.98. The predicted octanol–water partition coefficient (Wildman–Crippen LogP) is 7.99. The minimum absolute atomic E-state index is 0.226. The largest absolute Gasteiger partial charge is 0.469 e. The molecule has 44 heavy (non-hydrogen) atoms. The molecule has 8 nitrogen and oxygen atoms in total.